The summed E-state index contributed by atoms with van der Waals surface area (Å²) in [4.78, 5) is 29.4. The number of benzene rings is 3. The van der Waals surface area contributed by atoms with Gasteiger partial charge in [-0.3, -0.25) is 9.59 Å². The SMILES string of the molecule is CC[C@H](C)NC(=O)[C@@H](Cc1ccccc1)N(Cc1cccc(C)c1)C(=O)CN(c1ccccc1)S(=O)(=O)N(C)C. The number of hydrogen-bond donors (Lipinski definition) is 1. The first-order chi connectivity index (χ1) is 19.0. The molecule has 0 spiro atoms. The highest BCUT2D eigenvalue weighted by Crippen LogP contribution is 2.22. The molecule has 0 aliphatic carbocycles. The molecule has 0 aromatic heterocycles. The minimum absolute atomic E-state index is 0.0865. The van der Waals surface area contributed by atoms with E-state index in [0.29, 0.717) is 5.69 Å². The minimum atomic E-state index is -4.01. The van der Waals surface area contributed by atoms with E-state index in [1.807, 2.05) is 75.4 Å². The number of nitrogens with one attached hydrogen (secondary N) is 1. The molecule has 0 unspecified atom stereocenters. The van der Waals surface area contributed by atoms with Crippen LogP contribution < -0.4 is 9.62 Å². The van der Waals surface area contributed by atoms with Crippen molar-refractivity contribution in [2.45, 2.75) is 52.2 Å². The summed E-state index contributed by atoms with van der Waals surface area (Å²) in [6.07, 6.45) is 1.02. The second-order valence-corrected chi connectivity index (χ2v) is 12.2. The van der Waals surface area contributed by atoms with E-state index in [1.165, 1.54) is 19.0 Å². The Hall–Kier alpha value is -3.69. The summed E-state index contributed by atoms with van der Waals surface area (Å²) in [5.41, 5.74) is 3.14. The van der Waals surface area contributed by atoms with E-state index in [4.69, 9.17) is 0 Å². The van der Waals surface area contributed by atoms with E-state index >= 15 is 0 Å². The molecule has 0 radical (unpaired) electrons. The maximum Gasteiger partial charge on any atom is 0.304 e. The average molecular weight is 565 g/mol. The number of carbonyl (C=O) groups is 2. The van der Waals surface area contributed by atoms with Crippen molar-refractivity contribution in [3.63, 3.8) is 0 Å². The fourth-order valence-electron chi connectivity index (χ4n) is 4.31. The lowest BCUT2D eigenvalue weighted by Crippen LogP contribution is -2.55. The first-order valence-electron chi connectivity index (χ1n) is 13.5. The number of carbonyl (C=O) groups excluding carboxylic acids is 2. The third kappa shape index (κ3) is 8.16. The molecule has 0 saturated heterocycles. The monoisotopic (exact) mass is 564 g/mol. The largest absolute Gasteiger partial charge is 0.352 e. The molecule has 0 heterocycles. The van der Waals surface area contributed by atoms with Crippen LogP contribution in [0.3, 0.4) is 0 Å². The molecule has 3 aromatic carbocycles. The van der Waals surface area contributed by atoms with Crippen LogP contribution >= 0.6 is 0 Å². The Labute approximate surface area is 238 Å². The van der Waals surface area contributed by atoms with E-state index in [0.717, 1.165) is 31.7 Å². The Morgan fingerprint density at radius 2 is 1.48 bits per heavy atom. The number of nitrogens with zero attached hydrogens (tertiary/aromatic N) is 3. The van der Waals surface area contributed by atoms with Gasteiger partial charge in [0, 0.05) is 33.1 Å². The lowest BCUT2D eigenvalue weighted by Gasteiger charge is -2.35. The molecule has 0 aliphatic heterocycles. The van der Waals surface area contributed by atoms with Gasteiger partial charge in [0.2, 0.25) is 11.8 Å². The van der Waals surface area contributed by atoms with Gasteiger partial charge in [-0.15, -0.1) is 0 Å². The number of anilines is 1. The zero-order valence-corrected chi connectivity index (χ0v) is 24.8. The molecular weight excluding hydrogens is 524 g/mol. The topological polar surface area (TPSA) is 90.0 Å². The van der Waals surface area contributed by atoms with Crippen molar-refractivity contribution in [1.29, 1.82) is 0 Å². The van der Waals surface area contributed by atoms with Gasteiger partial charge in [0.25, 0.3) is 0 Å². The van der Waals surface area contributed by atoms with Gasteiger partial charge in [-0.1, -0.05) is 85.3 Å². The molecule has 0 saturated carbocycles. The Kier molecular flexibility index (Phi) is 10.9. The average Bonchev–Trinajstić information content (AvgIpc) is 2.94. The molecule has 214 valence electrons. The Morgan fingerprint density at radius 1 is 0.875 bits per heavy atom. The van der Waals surface area contributed by atoms with Gasteiger partial charge in [0.1, 0.15) is 12.6 Å². The first kappa shape index (κ1) is 30.8. The lowest BCUT2D eigenvalue weighted by atomic mass is 10.0. The molecule has 0 bridgehead atoms. The Balaban J connectivity index is 2.08. The fraction of sp³-hybridized carbons (Fsp3) is 0.355. The van der Waals surface area contributed by atoms with E-state index < -0.39 is 28.7 Å². The summed E-state index contributed by atoms with van der Waals surface area (Å²) in [6.45, 7) is 5.56. The number of para-hydroxylation sites is 1. The van der Waals surface area contributed by atoms with E-state index in [2.05, 4.69) is 5.32 Å². The van der Waals surface area contributed by atoms with Crippen LogP contribution in [0.25, 0.3) is 0 Å². The molecule has 3 aromatic rings. The molecular formula is C31H40N4O4S. The number of hydrogen-bond acceptors (Lipinski definition) is 4. The van der Waals surface area contributed by atoms with Crippen LogP contribution in [-0.2, 0) is 32.8 Å². The van der Waals surface area contributed by atoms with Gasteiger partial charge >= 0.3 is 10.2 Å². The zero-order chi connectivity index (χ0) is 29.3. The van der Waals surface area contributed by atoms with Gasteiger partial charge < -0.3 is 10.2 Å². The van der Waals surface area contributed by atoms with Crippen molar-refractivity contribution in [2.24, 2.45) is 0 Å². The molecule has 0 fully saturated rings. The highest BCUT2D eigenvalue weighted by atomic mass is 32.2. The smallest absolute Gasteiger partial charge is 0.304 e. The summed E-state index contributed by atoms with van der Waals surface area (Å²) in [6, 6.07) is 24.9. The van der Waals surface area contributed by atoms with Crippen molar-refractivity contribution in [1.82, 2.24) is 14.5 Å². The number of amides is 2. The zero-order valence-electron chi connectivity index (χ0n) is 23.9. The predicted molar refractivity (Wildman–Crippen MR) is 160 cm³/mol. The summed E-state index contributed by atoms with van der Waals surface area (Å²) in [7, 11) is -1.15. The van der Waals surface area contributed by atoms with Gasteiger partial charge in [0.15, 0.2) is 0 Å². The maximum absolute atomic E-state index is 14.2. The molecule has 0 aliphatic rings. The van der Waals surface area contributed by atoms with Crippen molar-refractivity contribution in [3.8, 4) is 0 Å². The lowest BCUT2D eigenvalue weighted by molar-refractivity contribution is -0.140. The highest BCUT2D eigenvalue weighted by molar-refractivity contribution is 7.90. The van der Waals surface area contributed by atoms with Crippen LogP contribution in [-0.4, -0.2) is 62.2 Å². The van der Waals surface area contributed by atoms with Crippen LogP contribution in [0.4, 0.5) is 5.69 Å². The van der Waals surface area contributed by atoms with Crippen LogP contribution in [0, 0.1) is 6.92 Å². The Morgan fingerprint density at radius 3 is 2.05 bits per heavy atom. The van der Waals surface area contributed by atoms with E-state index in [1.54, 1.807) is 30.3 Å². The van der Waals surface area contributed by atoms with Crippen molar-refractivity contribution < 1.29 is 18.0 Å². The molecule has 1 N–H and O–H groups in total. The van der Waals surface area contributed by atoms with Crippen molar-refractivity contribution in [3.05, 3.63) is 102 Å². The standard InChI is InChI=1S/C31H40N4O4S/c1-6-25(3)32-31(37)29(21-26-15-9-7-10-16-26)34(22-27-17-13-14-24(2)20-27)30(36)23-35(40(38,39)33(4)5)28-18-11-8-12-19-28/h7-20,25,29H,6,21-23H2,1-5H3,(H,32,37)/t25-,29+/m0/s1. The third-order valence-corrected chi connectivity index (χ3v) is 8.59. The summed E-state index contributed by atoms with van der Waals surface area (Å²) in [5, 5.41) is 3.04. The van der Waals surface area contributed by atoms with Crippen molar-refractivity contribution in [2.75, 3.05) is 24.9 Å². The normalized spacial score (nSPS) is 12.9. The van der Waals surface area contributed by atoms with Gasteiger partial charge in [0.05, 0.1) is 5.69 Å². The summed E-state index contributed by atoms with van der Waals surface area (Å²) in [5.74, 6) is -0.753. The fourth-order valence-corrected chi connectivity index (χ4v) is 5.37. The number of rotatable bonds is 13. The highest BCUT2D eigenvalue weighted by Gasteiger charge is 2.35. The maximum atomic E-state index is 14.2. The molecule has 9 heteroatoms. The first-order valence-corrected chi connectivity index (χ1v) is 14.9. The van der Waals surface area contributed by atoms with E-state index in [-0.39, 0.29) is 24.9 Å². The second-order valence-electron chi connectivity index (χ2n) is 10.2. The minimum Gasteiger partial charge on any atom is -0.352 e. The molecule has 2 atom stereocenters. The number of aryl methyl sites for hydroxylation is 1. The summed E-state index contributed by atoms with van der Waals surface area (Å²) < 4.78 is 28.9. The van der Waals surface area contributed by atoms with Gasteiger partial charge in [-0.25, -0.2) is 4.31 Å². The predicted octanol–water partition coefficient (Wildman–Crippen LogP) is 4.16. The van der Waals surface area contributed by atoms with Crippen LogP contribution in [0.15, 0.2) is 84.9 Å². The second kappa shape index (κ2) is 14.1. The van der Waals surface area contributed by atoms with Gasteiger partial charge in [-0.2, -0.15) is 12.7 Å². The quantitative estimate of drug-likeness (QED) is 0.338. The van der Waals surface area contributed by atoms with E-state index in [9.17, 15) is 18.0 Å². The molecule has 2 amide bonds. The van der Waals surface area contributed by atoms with Crippen molar-refractivity contribution >= 4 is 27.7 Å². The van der Waals surface area contributed by atoms with Crippen LogP contribution in [0.2, 0.25) is 0 Å². The van der Waals surface area contributed by atoms with Crippen LogP contribution in [0.5, 0.6) is 0 Å². The van der Waals surface area contributed by atoms with Gasteiger partial charge in [-0.05, 0) is 43.5 Å². The molecule has 3 rings (SSSR count). The molecule has 8 nitrogen and oxygen atoms in total. The van der Waals surface area contributed by atoms with Crippen LogP contribution in [0.1, 0.15) is 37.0 Å². The molecule has 40 heavy (non-hydrogen) atoms. The third-order valence-electron chi connectivity index (χ3n) is 6.77. The summed E-state index contributed by atoms with van der Waals surface area (Å²) >= 11 is 0. The Bertz CT molecular complexity index is 1360.